The van der Waals surface area contributed by atoms with Crippen LogP contribution in [0.4, 0.5) is 10.5 Å². The highest BCUT2D eigenvalue weighted by atomic mass is 16.2. The molecule has 3 heterocycles. The lowest BCUT2D eigenvalue weighted by Gasteiger charge is -2.35. The molecule has 1 aromatic rings. The number of carbonyl (C=O) groups is 2. The van der Waals surface area contributed by atoms with Gasteiger partial charge in [-0.25, -0.2) is 9.79 Å². The SMILES string of the molecule is CC=NC(=NC)C1=NN=C(c2ccc(NC(=O)CCC)cn2)C2CCC3NC(=O)NC3CCC12. The van der Waals surface area contributed by atoms with E-state index in [0.29, 0.717) is 17.9 Å². The van der Waals surface area contributed by atoms with Crippen LogP contribution in [0.25, 0.3) is 0 Å². The van der Waals surface area contributed by atoms with Crippen molar-refractivity contribution in [1.29, 1.82) is 0 Å². The van der Waals surface area contributed by atoms with E-state index in [0.717, 1.165) is 49.2 Å². The normalized spacial score (nSPS) is 26.9. The summed E-state index contributed by atoms with van der Waals surface area (Å²) in [7, 11) is 1.71. The third-order valence-corrected chi connectivity index (χ3v) is 6.63. The second-order valence-corrected chi connectivity index (χ2v) is 8.83. The van der Waals surface area contributed by atoms with Crippen molar-refractivity contribution in [2.45, 2.75) is 64.5 Å². The summed E-state index contributed by atoms with van der Waals surface area (Å²) in [6.45, 7) is 3.83. The Labute approximate surface area is 199 Å². The molecule has 2 aliphatic heterocycles. The van der Waals surface area contributed by atoms with Gasteiger partial charge in [-0.05, 0) is 51.2 Å². The van der Waals surface area contributed by atoms with E-state index in [1.165, 1.54) is 0 Å². The fourth-order valence-electron chi connectivity index (χ4n) is 5.04. The van der Waals surface area contributed by atoms with Gasteiger partial charge in [0.25, 0.3) is 0 Å². The number of fused-ring (bicyclic) bond motifs is 2. The highest BCUT2D eigenvalue weighted by Crippen LogP contribution is 2.36. The average Bonchev–Trinajstić information content (AvgIpc) is 3.17. The molecule has 1 aromatic heterocycles. The Kier molecular flexibility index (Phi) is 7.44. The first-order valence-corrected chi connectivity index (χ1v) is 12.0. The van der Waals surface area contributed by atoms with Gasteiger partial charge in [0.2, 0.25) is 5.91 Å². The number of amidine groups is 1. The van der Waals surface area contributed by atoms with Crippen LogP contribution in [0.3, 0.4) is 0 Å². The number of hydrogen-bond donors (Lipinski definition) is 3. The molecule has 34 heavy (non-hydrogen) atoms. The Morgan fingerprint density at radius 2 is 1.88 bits per heavy atom. The third kappa shape index (κ3) is 5.05. The molecule has 1 saturated carbocycles. The van der Waals surface area contributed by atoms with Gasteiger partial charge >= 0.3 is 6.03 Å². The van der Waals surface area contributed by atoms with Crippen LogP contribution in [0.2, 0.25) is 0 Å². The second-order valence-electron chi connectivity index (χ2n) is 8.83. The molecule has 2 fully saturated rings. The molecular formula is C24H32N8O2. The fraction of sp³-hybridized carbons (Fsp3) is 0.542. The zero-order valence-corrected chi connectivity index (χ0v) is 19.9. The molecule has 180 valence electrons. The van der Waals surface area contributed by atoms with Gasteiger partial charge in [-0.3, -0.25) is 14.8 Å². The van der Waals surface area contributed by atoms with Crippen LogP contribution in [0.5, 0.6) is 0 Å². The average molecular weight is 465 g/mol. The number of anilines is 1. The van der Waals surface area contributed by atoms with E-state index in [-0.39, 0.29) is 35.9 Å². The summed E-state index contributed by atoms with van der Waals surface area (Å²) in [5.74, 6) is 0.709. The zero-order valence-electron chi connectivity index (χ0n) is 19.9. The number of hydrogen-bond acceptors (Lipinski definition) is 6. The summed E-state index contributed by atoms with van der Waals surface area (Å²) in [4.78, 5) is 37.3. The molecule has 10 heteroatoms. The first kappa shape index (κ1) is 23.7. The molecule has 4 rings (SSSR count). The molecule has 4 unspecified atom stereocenters. The smallest absolute Gasteiger partial charge is 0.315 e. The number of carbonyl (C=O) groups excluding carboxylic acids is 2. The molecule has 3 N–H and O–H groups in total. The minimum atomic E-state index is -0.101. The van der Waals surface area contributed by atoms with Crippen LogP contribution >= 0.6 is 0 Å². The number of pyridine rings is 1. The van der Waals surface area contributed by atoms with Crippen molar-refractivity contribution in [3.63, 3.8) is 0 Å². The van der Waals surface area contributed by atoms with Crippen molar-refractivity contribution < 1.29 is 9.59 Å². The number of rotatable bonds is 5. The van der Waals surface area contributed by atoms with E-state index < -0.39 is 0 Å². The summed E-state index contributed by atoms with van der Waals surface area (Å²) >= 11 is 0. The lowest BCUT2D eigenvalue weighted by molar-refractivity contribution is -0.116. The highest BCUT2D eigenvalue weighted by molar-refractivity contribution is 6.44. The predicted octanol–water partition coefficient (Wildman–Crippen LogP) is 2.95. The van der Waals surface area contributed by atoms with Crippen LogP contribution < -0.4 is 16.0 Å². The van der Waals surface area contributed by atoms with Gasteiger partial charge in [-0.1, -0.05) is 6.92 Å². The van der Waals surface area contributed by atoms with Gasteiger partial charge in [-0.15, -0.1) is 0 Å². The van der Waals surface area contributed by atoms with E-state index in [9.17, 15) is 9.59 Å². The maximum Gasteiger partial charge on any atom is 0.315 e. The van der Waals surface area contributed by atoms with Gasteiger partial charge < -0.3 is 16.0 Å². The van der Waals surface area contributed by atoms with Gasteiger partial charge in [0.05, 0.1) is 35.4 Å². The molecule has 1 saturated heterocycles. The van der Waals surface area contributed by atoms with Gasteiger partial charge in [0.1, 0.15) is 5.71 Å². The van der Waals surface area contributed by atoms with E-state index in [1.54, 1.807) is 19.5 Å². The number of aliphatic imine (C=N–C) groups is 2. The van der Waals surface area contributed by atoms with Crippen molar-refractivity contribution >= 4 is 41.1 Å². The van der Waals surface area contributed by atoms with Gasteiger partial charge in [-0.2, -0.15) is 10.2 Å². The van der Waals surface area contributed by atoms with E-state index >= 15 is 0 Å². The number of urea groups is 1. The molecule has 0 radical (unpaired) electrons. The number of nitrogens with one attached hydrogen (secondary N) is 3. The quantitative estimate of drug-likeness (QED) is 0.457. The molecule has 3 amide bonds. The second kappa shape index (κ2) is 10.7. The number of amides is 3. The molecule has 0 spiro atoms. The van der Waals surface area contributed by atoms with Crippen LogP contribution in [-0.2, 0) is 4.79 Å². The largest absolute Gasteiger partial charge is 0.333 e. The zero-order chi connectivity index (χ0) is 24.1. The maximum absolute atomic E-state index is 11.9. The van der Waals surface area contributed by atoms with Gasteiger partial charge in [0, 0.05) is 31.5 Å². The molecule has 0 bridgehead atoms. The summed E-state index contributed by atoms with van der Waals surface area (Å²) < 4.78 is 0. The Hall–Kier alpha value is -3.43. The van der Waals surface area contributed by atoms with Crippen molar-refractivity contribution in [2.75, 3.05) is 12.4 Å². The van der Waals surface area contributed by atoms with Crippen molar-refractivity contribution in [1.82, 2.24) is 15.6 Å². The predicted molar refractivity (Wildman–Crippen MR) is 134 cm³/mol. The van der Waals surface area contributed by atoms with Crippen LogP contribution in [-0.4, -0.2) is 59.5 Å². The van der Waals surface area contributed by atoms with E-state index in [1.807, 2.05) is 26.0 Å². The molecule has 4 atom stereocenters. The lowest BCUT2D eigenvalue weighted by Crippen LogP contribution is -2.43. The number of nitrogens with zero attached hydrogens (tertiary/aromatic N) is 5. The number of aromatic nitrogens is 1. The Morgan fingerprint density at radius 1 is 1.15 bits per heavy atom. The molecular weight excluding hydrogens is 432 g/mol. The third-order valence-electron chi connectivity index (χ3n) is 6.63. The summed E-state index contributed by atoms with van der Waals surface area (Å²) in [6, 6.07) is 3.85. The fourth-order valence-corrected chi connectivity index (χ4v) is 5.04. The molecule has 10 nitrogen and oxygen atoms in total. The molecule has 0 aromatic carbocycles. The summed E-state index contributed by atoms with van der Waals surface area (Å²) in [5, 5.41) is 18.2. The summed E-state index contributed by atoms with van der Waals surface area (Å²) in [6.07, 6.45) is 7.97. The van der Waals surface area contributed by atoms with E-state index in [4.69, 9.17) is 0 Å². The topological polar surface area (TPSA) is 133 Å². The van der Waals surface area contributed by atoms with Gasteiger partial charge in [0.15, 0.2) is 5.84 Å². The minimum Gasteiger partial charge on any atom is -0.333 e. The van der Waals surface area contributed by atoms with Crippen molar-refractivity contribution in [3.8, 4) is 0 Å². The molecule has 3 aliphatic rings. The van der Waals surface area contributed by atoms with Crippen LogP contribution in [0.1, 0.15) is 58.1 Å². The lowest BCUT2D eigenvalue weighted by atomic mass is 9.73. The van der Waals surface area contributed by atoms with E-state index in [2.05, 4.69) is 41.1 Å². The monoisotopic (exact) mass is 464 g/mol. The standard InChI is InChI=1S/C24H32N8O2/c1-4-6-20(33)28-14-7-10-19(27-13-14)21-15-8-11-17-18(30-24(34)29-17)12-9-16(15)22(32-31-21)23(25-3)26-5-2/h5,7,10,13,15-18H,4,6,8-9,11-12H2,1-3H3,(H,28,33)(H2,29,30,34). The summed E-state index contributed by atoms with van der Waals surface area (Å²) in [5.41, 5.74) is 3.02. The first-order valence-electron chi connectivity index (χ1n) is 12.0. The van der Waals surface area contributed by atoms with Crippen LogP contribution in [0.15, 0.2) is 38.5 Å². The first-order chi connectivity index (χ1) is 16.5. The highest BCUT2D eigenvalue weighted by Gasteiger charge is 2.42. The van der Waals surface area contributed by atoms with Crippen LogP contribution in [0, 0.1) is 11.8 Å². The minimum absolute atomic E-state index is 0.0222. The Bertz CT molecular complexity index is 1040. The maximum atomic E-state index is 11.9. The van der Waals surface area contributed by atoms with Crippen molar-refractivity contribution in [2.24, 2.45) is 32.0 Å². The Balaban J connectivity index is 1.64. The Morgan fingerprint density at radius 3 is 2.50 bits per heavy atom. The molecule has 1 aliphatic carbocycles. The van der Waals surface area contributed by atoms with Crippen molar-refractivity contribution in [3.05, 3.63) is 24.0 Å².